The number of hydrogen-bond acceptors (Lipinski definition) is 3. The summed E-state index contributed by atoms with van der Waals surface area (Å²) in [6, 6.07) is 0. The Kier molecular flexibility index (Phi) is 4.67. The first-order valence-corrected chi connectivity index (χ1v) is 3.07. The van der Waals surface area contributed by atoms with Gasteiger partial charge in [0, 0.05) is 0 Å². The summed E-state index contributed by atoms with van der Waals surface area (Å²) in [6.07, 6.45) is -0.612. The number of hydrogen-bond donors (Lipinski definition) is 2. The summed E-state index contributed by atoms with van der Waals surface area (Å²) in [4.78, 5) is 0. The lowest BCUT2D eigenvalue weighted by atomic mass is 10.4. The molecule has 0 bridgehead atoms. The molecule has 0 fully saturated rings. The topological polar surface area (TPSA) is 49.7 Å². The molecule has 0 aliphatic carbocycles. The van der Waals surface area contributed by atoms with Gasteiger partial charge >= 0.3 is 0 Å². The highest BCUT2D eigenvalue weighted by Gasteiger charge is 2.01. The largest absolute Gasteiger partial charge is 0.394 e. The fourth-order valence-electron chi connectivity index (χ4n) is 0.356. The van der Waals surface area contributed by atoms with Gasteiger partial charge in [-0.05, 0) is 13.8 Å². The molecular weight excluding hydrogens is 120 g/mol. The first-order valence-electron chi connectivity index (χ1n) is 3.07. The molecule has 0 saturated carbocycles. The Morgan fingerprint density at radius 3 is 2.33 bits per heavy atom. The zero-order valence-corrected chi connectivity index (χ0v) is 5.87. The van der Waals surface area contributed by atoms with E-state index in [0.717, 1.165) is 0 Å². The molecule has 0 aliphatic heterocycles. The minimum atomic E-state index is -0.729. The van der Waals surface area contributed by atoms with Gasteiger partial charge in [0.25, 0.3) is 0 Å². The van der Waals surface area contributed by atoms with Crippen LogP contribution in [0.2, 0.25) is 0 Å². The van der Waals surface area contributed by atoms with E-state index in [0.29, 0.717) is 0 Å². The van der Waals surface area contributed by atoms with E-state index in [1.165, 1.54) is 0 Å². The van der Waals surface area contributed by atoms with E-state index in [1.807, 2.05) is 13.8 Å². The van der Waals surface area contributed by atoms with Crippen LogP contribution in [0.15, 0.2) is 0 Å². The molecule has 1 atom stereocenters. The second-order valence-electron chi connectivity index (χ2n) is 2.22. The summed E-state index contributed by atoms with van der Waals surface area (Å²) in [7, 11) is 0. The Morgan fingerprint density at radius 2 is 2.00 bits per heavy atom. The second kappa shape index (κ2) is 4.73. The van der Waals surface area contributed by atoms with Crippen molar-refractivity contribution in [2.45, 2.75) is 26.1 Å². The van der Waals surface area contributed by atoms with Crippen LogP contribution in [-0.2, 0) is 4.74 Å². The van der Waals surface area contributed by atoms with Gasteiger partial charge < -0.3 is 14.9 Å². The number of ether oxygens (including phenoxy) is 1. The van der Waals surface area contributed by atoms with Gasteiger partial charge in [-0.2, -0.15) is 0 Å². The summed E-state index contributed by atoms with van der Waals surface area (Å²) >= 11 is 0. The first-order chi connectivity index (χ1) is 4.16. The van der Waals surface area contributed by atoms with E-state index in [9.17, 15) is 0 Å². The summed E-state index contributed by atoms with van der Waals surface area (Å²) in [5.41, 5.74) is 0. The van der Waals surface area contributed by atoms with E-state index in [1.54, 1.807) is 0 Å². The van der Waals surface area contributed by atoms with Crippen LogP contribution in [0.4, 0.5) is 0 Å². The smallest absolute Gasteiger partial charge is 0.100 e. The molecule has 0 rings (SSSR count). The molecule has 0 saturated heterocycles. The Morgan fingerprint density at radius 1 is 1.44 bits per heavy atom. The lowest BCUT2D eigenvalue weighted by molar-refractivity contribution is -0.0167. The molecule has 0 aromatic rings. The van der Waals surface area contributed by atoms with Crippen molar-refractivity contribution in [1.29, 1.82) is 0 Å². The minimum Gasteiger partial charge on any atom is -0.394 e. The fourth-order valence-corrected chi connectivity index (χ4v) is 0.356. The van der Waals surface area contributed by atoms with Gasteiger partial charge in [0.1, 0.15) is 6.10 Å². The third kappa shape index (κ3) is 5.76. The molecule has 3 nitrogen and oxygen atoms in total. The molecule has 0 spiro atoms. The molecule has 0 heterocycles. The zero-order valence-electron chi connectivity index (χ0n) is 5.87. The van der Waals surface area contributed by atoms with E-state index < -0.39 is 6.10 Å². The molecule has 2 N–H and O–H groups in total. The quantitative estimate of drug-likeness (QED) is 0.558. The standard InChI is InChI=1S/C6H14O3/c1-5(2)9-4-6(8)3-7/h5-8H,3-4H2,1-2H3. The van der Waals surface area contributed by atoms with Crippen molar-refractivity contribution in [3.8, 4) is 0 Å². The Hall–Kier alpha value is -0.120. The maximum Gasteiger partial charge on any atom is 0.100 e. The van der Waals surface area contributed by atoms with E-state index >= 15 is 0 Å². The predicted molar refractivity (Wildman–Crippen MR) is 34.2 cm³/mol. The van der Waals surface area contributed by atoms with Crippen molar-refractivity contribution in [3.05, 3.63) is 0 Å². The van der Waals surface area contributed by atoms with E-state index in [-0.39, 0.29) is 19.3 Å². The molecule has 0 aromatic carbocycles. The molecule has 56 valence electrons. The van der Waals surface area contributed by atoms with Crippen LogP contribution in [0.3, 0.4) is 0 Å². The molecule has 0 aromatic heterocycles. The summed E-state index contributed by atoms with van der Waals surface area (Å²) < 4.78 is 4.98. The number of aliphatic hydroxyl groups excluding tert-OH is 2. The lowest BCUT2D eigenvalue weighted by Gasteiger charge is -2.10. The third-order valence-corrected chi connectivity index (χ3v) is 0.833. The highest BCUT2D eigenvalue weighted by Crippen LogP contribution is 1.89. The van der Waals surface area contributed by atoms with Gasteiger partial charge in [0.15, 0.2) is 0 Å². The average molecular weight is 134 g/mol. The molecule has 3 heteroatoms. The molecule has 9 heavy (non-hydrogen) atoms. The van der Waals surface area contributed by atoms with Gasteiger partial charge in [-0.1, -0.05) is 0 Å². The van der Waals surface area contributed by atoms with Gasteiger partial charge in [-0.25, -0.2) is 0 Å². The van der Waals surface area contributed by atoms with Gasteiger partial charge in [-0.3, -0.25) is 0 Å². The van der Waals surface area contributed by atoms with Gasteiger partial charge in [-0.15, -0.1) is 0 Å². The number of aliphatic hydroxyl groups is 2. The average Bonchev–Trinajstić information content (AvgIpc) is 1.83. The Labute approximate surface area is 55.3 Å². The highest BCUT2D eigenvalue weighted by atomic mass is 16.5. The highest BCUT2D eigenvalue weighted by molar-refractivity contribution is 4.49. The second-order valence-corrected chi connectivity index (χ2v) is 2.22. The molecule has 0 aliphatic rings. The third-order valence-electron chi connectivity index (χ3n) is 0.833. The lowest BCUT2D eigenvalue weighted by Crippen LogP contribution is -2.21. The molecule has 0 radical (unpaired) electrons. The van der Waals surface area contributed by atoms with Crippen LogP contribution >= 0.6 is 0 Å². The first kappa shape index (κ1) is 8.88. The normalized spacial score (nSPS) is 14.3. The number of rotatable bonds is 4. The van der Waals surface area contributed by atoms with Crippen molar-refractivity contribution in [1.82, 2.24) is 0 Å². The van der Waals surface area contributed by atoms with Crippen molar-refractivity contribution in [2.75, 3.05) is 13.2 Å². The van der Waals surface area contributed by atoms with Crippen LogP contribution in [-0.4, -0.2) is 35.6 Å². The minimum absolute atomic E-state index is 0.117. The van der Waals surface area contributed by atoms with Crippen molar-refractivity contribution < 1.29 is 14.9 Å². The molecular formula is C6H14O3. The zero-order chi connectivity index (χ0) is 7.28. The summed E-state index contributed by atoms with van der Waals surface area (Å²) in [5, 5.41) is 17.0. The Bertz CT molecular complexity index is 63.3. The van der Waals surface area contributed by atoms with Crippen LogP contribution in [0, 0.1) is 0 Å². The van der Waals surface area contributed by atoms with Crippen molar-refractivity contribution in [3.63, 3.8) is 0 Å². The Balaban J connectivity index is 3.06. The maximum absolute atomic E-state index is 8.73. The van der Waals surface area contributed by atoms with Crippen LogP contribution in [0.5, 0.6) is 0 Å². The van der Waals surface area contributed by atoms with E-state index in [4.69, 9.17) is 14.9 Å². The van der Waals surface area contributed by atoms with Crippen LogP contribution in [0.25, 0.3) is 0 Å². The SMILES string of the molecule is CC(C)OCC(O)CO. The van der Waals surface area contributed by atoms with Gasteiger partial charge in [0.2, 0.25) is 0 Å². The predicted octanol–water partition coefficient (Wildman–Crippen LogP) is -0.235. The van der Waals surface area contributed by atoms with Gasteiger partial charge in [0.05, 0.1) is 19.3 Å². The summed E-state index contributed by atoms with van der Waals surface area (Å²) in [6.45, 7) is 3.75. The van der Waals surface area contributed by atoms with Crippen LogP contribution in [0.1, 0.15) is 13.8 Å². The molecule has 1 unspecified atom stereocenters. The van der Waals surface area contributed by atoms with Crippen molar-refractivity contribution in [2.24, 2.45) is 0 Å². The molecule has 0 amide bonds. The fraction of sp³-hybridized carbons (Fsp3) is 1.00. The van der Waals surface area contributed by atoms with E-state index in [2.05, 4.69) is 0 Å². The summed E-state index contributed by atoms with van der Waals surface area (Å²) in [5.74, 6) is 0. The monoisotopic (exact) mass is 134 g/mol. The van der Waals surface area contributed by atoms with Crippen molar-refractivity contribution >= 4 is 0 Å². The maximum atomic E-state index is 8.73. The van der Waals surface area contributed by atoms with Crippen LogP contribution < -0.4 is 0 Å².